The van der Waals surface area contributed by atoms with Crippen molar-refractivity contribution in [2.45, 2.75) is 51.9 Å². The number of aryl methyl sites for hydroxylation is 2. The largest absolute Gasteiger partial charge is 0.481 e. The Morgan fingerprint density at radius 2 is 1.96 bits per heavy atom. The van der Waals surface area contributed by atoms with Gasteiger partial charge in [-0.05, 0) is 37.2 Å². The molecule has 5 heteroatoms. The van der Waals surface area contributed by atoms with E-state index in [0.717, 1.165) is 34.8 Å². The molecule has 0 fully saturated rings. The molecule has 2 aromatic heterocycles. The topological polar surface area (TPSA) is 54.6 Å². The van der Waals surface area contributed by atoms with Gasteiger partial charge in [-0.3, -0.25) is 9.20 Å². The van der Waals surface area contributed by atoms with Crippen molar-refractivity contribution in [2.75, 3.05) is 0 Å². The number of fused-ring (bicyclic) bond motifs is 3. The van der Waals surface area contributed by atoms with Crippen molar-refractivity contribution in [2.24, 2.45) is 0 Å². The Hall–Kier alpha value is -2.14. The Morgan fingerprint density at radius 1 is 1.24 bits per heavy atom. The van der Waals surface area contributed by atoms with Crippen molar-refractivity contribution in [3.8, 4) is 11.3 Å². The van der Waals surface area contributed by atoms with Crippen LogP contribution in [0.25, 0.3) is 16.2 Å². The van der Waals surface area contributed by atoms with E-state index in [-0.39, 0.29) is 6.42 Å². The number of rotatable bonds is 4. The van der Waals surface area contributed by atoms with Crippen molar-refractivity contribution in [3.63, 3.8) is 0 Å². The first kappa shape index (κ1) is 16.3. The molecular formula is C20H22N2O2S. The van der Waals surface area contributed by atoms with Crippen molar-refractivity contribution in [1.82, 2.24) is 9.38 Å². The van der Waals surface area contributed by atoms with E-state index in [4.69, 9.17) is 4.98 Å². The van der Waals surface area contributed by atoms with Gasteiger partial charge >= 0.3 is 5.97 Å². The highest BCUT2D eigenvalue weighted by atomic mass is 32.1. The van der Waals surface area contributed by atoms with Gasteiger partial charge in [0.1, 0.15) is 0 Å². The molecule has 4 rings (SSSR count). The second kappa shape index (κ2) is 6.30. The maximum atomic E-state index is 11.5. The summed E-state index contributed by atoms with van der Waals surface area (Å²) in [7, 11) is 0. The number of hydrogen-bond acceptors (Lipinski definition) is 3. The molecule has 0 bridgehead atoms. The number of carboxylic acids is 1. The van der Waals surface area contributed by atoms with Gasteiger partial charge in [-0.1, -0.05) is 38.1 Å². The predicted octanol–water partition coefficient (Wildman–Crippen LogP) is 4.69. The number of nitrogens with zero attached hydrogens (tertiary/aromatic N) is 2. The summed E-state index contributed by atoms with van der Waals surface area (Å²) in [4.78, 5) is 18.6. The molecule has 3 aromatic rings. The van der Waals surface area contributed by atoms with Crippen LogP contribution in [0.1, 0.15) is 54.4 Å². The van der Waals surface area contributed by atoms with Crippen molar-refractivity contribution >= 4 is 22.3 Å². The van der Waals surface area contributed by atoms with E-state index < -0.39 is 5.97 Å². The maximum Gasteiger partial charge on any atom is 0.309 e. The fourth-order valence-corrected chi connectivity index (χ4v) is 4.89. The highest BCUT2D eigenvalue weighted by Gasteiger charge is 2.24. The molecule has 2 heterocycles. The Balaban J connectivity index is 1.88. The molecule has 1 N–H and O–H groups in total. The van der Waals surface area contributed by atoms with E-state index in [1.54, 1.807) is 11.3 Å². The van der Waals surface area contributed by atoms with Crippen LogP contribution < -0.4 is 0 Å². The Bertz CT molecular complexity index is 935. The zero-order valence-corrected chi connectivity index (χ0v) is 15.4. The minimum Gasteiger partial charge on any atom is -0.481 e. The molecule has 25 heavy (non-hydrogen) atoms. The van der Waals surface area contributed by atoms with Crippen LogP contribution >= 0.6 is 11.3 Å². The molecule has 0 saturated heterocycles. The van der Waals surface area contributed by atoms with Gasteiger partial charge in [0.2, 0.25) is 0 Å². The summed E-state index contributed by atoms with van der Waals surface area (Å²) < 4.78 is 2.12. The summed E-state index contributed by atoms with van der Waals surface area (Å²) in [5, 5.41) is 9.44. The first-order valence-corrected chi connectivity index (χ1v) is 9.70. The van der Waals surface area contributed by atoms with Crippen LogP contribution in [-0.2, 0) is 24.1 Å². The van der Waals surface area contributed by atoms with E-state index in [2.05, 4.69) is 42.5 Å². The summed E-state index contributed by atoms with van der Waals surface area (Å²) in [5.74, 6) is -0.331. The highest BCUT2D eigenvalue weighted by Crippen LogP contribution is 2.35. The van der Waals surface area contributed by atoms with Gasteiger partial charge in [0.25, 0.3) is 0 Å². The Labute approximate surface area is 151 Å². The fraction of sp³-hybridized carbons (Fsp3) is 0.400. The molecule has 0 spiro atoms. The van der Waals surface area contributed by atoms with Gasteiger partial charge in [-0.15, -0.1) is 11.3 Å². The predicted molar refractivity (Wildman–Crippen MR) is 101 cm³/mol. The second-order valence-corrected chi connectivity index (χ2v) is 8.11. The molecule has 0 aliphatic heterocycles. The molecule has 1 aliphatic rings. The van der Waals surface area contributed by atoms with Gasteiger partial charge in [0.05, 0.1) is 17.8 Å². The first-order chi connectivity index (χ1) is 12.0. The zero-order chi connectivity index (χ0) is 17.6. The molecule has 0 atom stereocenters. The number of aliphatic carboxylic acids is 1. The molecule has 4 nitrogen and oxygen atoms in total. The van der Waals surface area contributed by atoms with Gasteiger partial charge in [0, 0.05) is 16.1 Å². The van der Waals surface area contributed by atoms with Gasteiger partial charge in [0.15, 0.2) is 4.96 Å². The number of benzene rings is 1. The summed E-state index contributed by atoms with van der Waals surface area (Å²) in [6.07, 6.45) is 4.50. The number of thiazole rings is 1. The van der Waals surface area contributed by atoms with E-state index >= 15 is 0 Å². The first-order valence-electron chi connectivity index (χ1n) is 8.88. The summed E-state index contributed by atoms with van der Waals surface area (Å²) in [5.41, 5.74) is 5.19. The minimum absolute atomic E-state index is 0.00556. The Morgan fingerprint density at radius 3 is 2.64 bits per heavy atom. The van der Waals surface area contributed by atoms with Crippen LogP contribution in [0.15, 0.2) is 24.3 Å². The zero-order valence-electron chi connectivity index (χ0n) is 14.6. The average Bonchev–Trinajstić information content (AvgIpc) is 3.11. The third kappa shape index (κ3) is 2.86. The Kier molecular flexibility index (Phi) is 4.12. The van der Waals surface area contributed by atoms with Gasteiger partial charge < -0.3 is 5.11 Å². The minimum atomic E-state index is -0.808. The molecular weight excluding hydrogens is 332 g/mol. The number of carbonyl (C=O) groups is 1. The van der Waals surface area contributed by atoms with Crippen LogP contribution in [-0.4, -0.2) is 20.5 Å². The molecule has 0 amide bonds. The third-order valence-corrected chi connectivity index (χ3v) is 6.13. The lowest BCUT2D eigenvalue weighted by Gasteiger charge is -2.12. The standard InChI is InChI=1S/C20H22N2O2S/c1-12(2)13-7-9-14(10-8-13)19-16(11-18(23)24)22-15-5-3-4-6-17(15)25-20(22)21-19/h7-10,12H,3-6,11H2,1-2H3,(H,23,24). The lowest BCUT2D eigenvalue weighted by Crippen LogP contribution is -2.09. The van der Waals surface area contributed by atoms with Crippen LogP contribution in [0.2, 0.25) is 0 Å². The quantitative estimate of drug-likeness (QED) is 0.739. The molecule has 0 unspecified atom stereocenters. The van der Waals surface area contributed by atoms with Crippen LogP contribution in [0.5, 0.6) is 0 Å². The number of carboxylic acid groups (broad SMARTS) is 1. The SMILES string of the molecule is CC(C)c1ccc(-c2nc3sc4c(n3c2CC(=O)O)CCCC4)cc1. The van der Waals surface area contributed by atoms with Crippen LogP contribution in [0, 0.1) is 0 Å². The fourth-order valence-electron chi connectivity index (χ4n) is 3.66. The summed E-state index contributed by atoms with van der Waals surface area (Å²) in [6.45, 7) is 4.34. The summed E-state index contributed by atoms with van der Waals surface area (Å²) >= 11 is 1.72. The van der Waals surface area contributed by atoms with E-state index in [9.17, 15) is 9.90 Å². The lowest BCUT2D eigenvalue weighted by molar-refractivity contribution is -0.136. The van der Waals surface area contributed by atoms with Crippen LogP contribution in [0.3, 0.4) is 0 Å². The monoisotopic (exact) mass is 354 g/mol. The summed E-state index contributed by atoms with van der Waals surface area (Å²) in [6, 6.07) is 8.38. The third-order valence-electron chi connectivity index (χ3n) is 4.99. The number of imidazole rings is 1. The number of aromatic nitrogens is 2. The lowest BCUT2D eigenvalue weighted by atomic mass is 9.99. The van der Waals surface area contributed by atoms with E-state index in [0.29, 0.717) is 5.92 Å². The van der Waals surface area contributed by atoms with Gasteiger partial charge in [-0.25, -0.2) is 4.98 Å². The van der Waals surface area contributed by atoms with Crippen molar-refractivity contribution < 1.29 is 9.90 Å². The second-order valence-electron chi connectivity index (χ2n) is 7.05. The van der Waals surface area contributed by atoms with Crippen molar-refractivity contribution in [3.05, 3.63) is 46.1 Å². The molecule has 1 aromatic carbocycles. The molecule has 0 radical (unpaired) electrons. The van der Waals surface area contributed by atoms with Crippen LogP contribution in [0.4, 0.5) is 0 Å². The normalized spacial score (nSPS) is 14.2. The molecule has 1 aliphatic carbocycles. The highest BCUT2D eigenvalue weighted by molar-refractivity contribution is 7.17. The van der Waals surface area contributed by atoms with E-state index in [1.807, 2.05) is 0 Å². The molecule has 130 valence electrons. The van der Waals surface area contributed by atoms with Gasteiger partial charge in [-0.2, -0.15) is 0 Å². The van der Waals surface area contributed by atoms with E-state index in [1.165, 1.54) is 29.0 Å². The number of hydrogen-bond donors (Lipinski definition) is 1. The molecule has 0 saturated carbocycles. The maximum absolute atomic E-state index is 11.5. The average molecular weight is 354 g/mol. The van der Waals surface area contributed by atoms with Crippen molar-refractivity contribution in [1.29, 1.82) is 0 Å². The smallest absolute Gasteiger partial charge is 0.309 e.